The molecule has 7 rings (SSSR count). The Balaban J connectivity index is 1.24. The number of carbonyl (C=O) groups is 2. The Morgan fingerprint density at radius 1 is 0.979 bits per heavy atom. The van der Waals surface area contributed by atoms with Crippen molar-refractivity contribution in [3.05, 3.63) is 70.8 Å². The van der Waals surface area contributed by atoms with Crippen molar-refractivity contribution in [2.45, 2.75) is 70.4 Å². The molecule has 9 nitrogen and oxygen atoms in total. The highest BCUT2D eigenvalue weighted by atomic mass is 16.5. The summed E-state index contributed by atoms with van der Waals surface area (Å²) >= 11 is 0. The second kappa shape index (κ2) is 12.1. The number of hydrogen-bond donors (Lipinski definition) is 1. The van der Waals surface area contributed by atoms with Gasteiger partial charge in [-0.1, -0.05) is 25.3 Å². The molecule has 0 unspecified atom stereocenters. The summed E-state index contributed by atoms with van der Waals surface area (Å²) in [4.78, 5) is 31.1. The van der Waals surface area contributed by atoms with E-state index in [1.54, 1.807) is 13.2 Å². The van der Waals surface area contributed by atoms with E-state index in [0.717, 1.165) is 46.7 Å². The molecular formula is C38H41N3O6. The number of methoxy groups -OCH3 is 3. The molecule has 1 aromatic heterocycles. The van der Waals surface area contributed by atoms with Gasteiger partial charge in [0.15, 0.2) is 0 Å². The van der Waals surface area contributed by atoms with Crippen LogP contribution in [0.5, 0.6) is 17.2 Å². The lowest BCUT2D eigenvalue weighted by molar-refractivity contribution is 0.0597. The molecular weight excluding hydrogens is 594 g/mol. The van der Waals surface area contributed by atoms with Crippen LogP contribution in [0.4, 0.5) is 5.69 Å². The molecule has 1 aliphatic carbocycles. The van der Waals surface area contributed by atoms with Crippen molar-refractivity contribution in [3.63, 3.8) is 0 Å². The molecule has 244 valence electrons. The van der Waals surface area contributed by atoms with Gasteiger partial charge in [0, 0.05) is 40.2 Å². The summed E-state index contributed by atoms with van der Waals surface area (Å²) in [5, 5.41) is 4.45. The SMILES string of the molecule is COC(=O)c1cc2c(cc1OC)CC(C(C)(C)NC(=O)c1ccc3c(C4CCCCC4)c4n(c3c1)CCOc1cc(OC)ccc1-4)=N2. The first-order valence-electron chi connectivity index (χ1n) is 16.4. The van der Waals surface area contributed by atoms with Gasteiger partial charge in [-0.25, -0.2) is 4.79 Å². The molecule has 9 heteroatoms. The van der Waals surface area contributed by atoms with Crippen molar-refractivity contribution in [1.29, 1.82) is 0 Å². The fourth-order valence-electron chi connectivity index (χ4n) is 7.48. The molecule has 0 bridgehead atoms. The van der Waals surface area contributed by atoms with E-state index in [1.165, 1.54) is 50.1 Å². The van der Waals surface area contributed by atoms with Gasteiger partial charge in [0.1, 0.15) is 29.4 Å². The number of rotatable bonds is 7. The first kappa shape index (κ1) is 30.8. The third kappa shape index (κ3) is 5.41. The zero-order valence-electron chi connectivity index (χ0n) is 27.7. The van der Waals surface area contributed by atoms with E-state index >= 15 is 0 Å². The predicted molar refractivity (Wildman–Crippen MR) is 182 cm³/mol. The number of benzene rings is 3. The van der Waals surface area contributed by atoms with Gasteiger partial charge in [0.05, 0.1) is 44.8 Å². The minimum Gasteiger partial charge on any atom is -0.497 e. The third-order valence-electron chi connectivity index (χ3n) is 9.96. The summed E-state index contributed by atoms with van der Waals surface area (Å²) in [5.41, 5.74) is 7.24. The van der Waals surface area contributed by atoms with Crippen molar-refractivity contribution >= 4 is 34.2 Å². The Bertz CT molecular complexity index is 1930. The normalized spacial score (nSPS) is 15.9. The van der Waals surface area contributed by atoms with Crippen LogP contribution in [0.1, 0.15) is 83.7 Å². The minimum absolute atomic E-state index is 0.173. The first-order valence-corrected chi connectivity index (χ1v) is 16.4. The summed E-state index contributed by atoms with van der Waals surface area (Å²) in [6.45, 7) is 5.12. The summed E-state index contributed by atoms with van der Waals surface area (Å²) < 4.78 is 24.5. The van der Waals surface area contributed by atoms with Crippen molar-refractivity contribution in [2.75, 3.05) is 27.9 Å². The summed E-state index contributed by atoms with van der Waals surface area (Å²) in [6.07, 6.45) is 6.57. The van der Waals surface area contributed by atoms with E-state index in [1.807, 2.05) is 44.2 Å². The molecule has 3 heterocycles. The number of carbonyl (C=O) groups excluding carboxylic acids is 2. The molecule has 0 radical (unpaired) electrons. The van der Waals surface area contributed by atoms with Crippen LogP contribution in [0.15, 0.2) is 53.5 Å². The average Bonchev–Trinajstić information content (AvgIpc) is 3.60. The molecule has 1 saturated carbocycles. The maximum Gasteiger partial charge on any atom is 0.341 e. The number of nitrogens with zero attached hydrogens (tertiary/aromatic N) is 2. The van der Waals surface area contributed by atoms with Crippen LogP contribution in [0.2, 0.25) is 0 Å². The van der Waals surface area contributed by atoms with Gasteiger partial charge >= 0.3 is 5.97 Å². The molecule has 0 saturated heterocycles. The molecule has 3 aromatic carbocycles. The van der Waals surface area contributed by atoms with E-state index in [2.05, 4.69) is 22.0 Å². The topological polar surface area (TPSA) is 100 Å². The van der Waals surface area contributed by atoms with Crippen LogP contribution in [-0.2, 0) is 17.7 Å². The predicted octanol–water partition coefficient (Wildman–Crippen LogP) is 7.39. The highest BCUT2D eigenvalue weighted by Gasteiger charge is 2.34. The quantitative estimate of drug-likeness (QED) is 0.213. The monoisotopic (exact) mass is 635 g/mol. The molecule has 0 atom stereocenters. The highest BCUT2D eigenvalue weighted by molar-refractivity contribution is 6.07. The minimum atomic E-state index is -0.751. The average molecular weight is 636 g/mol. The molecule has 1 amide bonds. The van der Waals surface area contributed by atoms with Crippen molar-refractivity contribution in [3.8, 4) is 28.5 Å². The zero-order valence-corrected chi connectivity index (χ0v) is 27.7. The number of amides is 1. The Hall–Kier alpha value is -4.79. The van der Waals surface area contributed by atoms with Gasteiger partial charge in [0.25, 0.3) is 5.91 Å². The summed E-state index contributed by atoms with van der Waals surface area (Å²) in [7, 11) is 4.54. The van der Waals surface area contributed by atoms with E-state index in [4.69, 9.17) is 23.9 Å². The van der Waals surface area contributed by atoms with Crippen molar-refractivity contribution in [1.82, 2.24) is 9.88 Å². The molecule has 3 aliphatic rings. The number of nitrogens with one attached hydrogen (secondary N) is 1. The lowest BCUT2D eigenvalue weighted by atomic mass is 9.81. The molecule has 2 aliphatic heterocycles. The van der Waals surface area contributed by atoms with Gasteiger partial charge in [-0.05, 0) is 80.1 Å². The van der Waals surface area contributed by atoms with Crippen LogP contribution in [0.3, 0.4) is 0 Å². The fraction of sp³-hybridized carbons (Fsp3) is 0.395. The van der Waals surface area contributed by atoms with Crippen LogP contribution in [-0.4, -0.2) is 55.6 Å². The maximum atomic E-state index is 13.9. The van der Waals surface area contributed by atoms with Crippen LogP contribution < -0.4 is 19.5 Å². The Morgan fingerprint density at radius 2 is 1.79 bits per heavy atom. The van der Waals surface area contributed by atoms with Crippen LogP contribution >= 0.6 is 0 Å². The lowest BCUT2D eigenvalue weighted by Crippen LogP contribution is -2.49. The van der Waals surface area contributed by atoms with E-state index < -0.39 is 11.5 Å². The lowest BCUT2D eigenvalue weighted by Gasteiger charge is -2.26. The molecule has 4 aromatic rings. The second-order valence-corrected chi connectivity index (χ2v) is 13.2. The van der Waals surface area contributed by atoms with Gasteiger partial charge in [-0.2, -0.15) is 0 Å². The van der Waals surface area contributed by atoms with Crippen LogP contribution in [0.25, 0.3) is 22.2 Å². The van der Waals surface area contributed by atoms with Gasteiger partial charge in [-0.15, -0.1) is 0 Å². The van der Waals surface area contributed by atoms with E-state index in [9.17, 15) is 9.59 Å². The van der Waals surface area contributed by atoms with Gasteiger partial charge in [0.2, 0.25) is 0 Å². The Morgan fingerprint density at radius 3 is 2.53 bits per heavy atom. The standard InChI is InChI=1S/C38H41N3O6/c1-38(2,33-19-24-18-31(45-4)28(37(43)46-5)21-29(24)39-33)40-36(42)23-11-13-26-30(17-23)41-15-16-47-32-20-25(44-3)12-14-27(32)35(41)34(26)22-9-7-6-8-10-22/h11-14,17-18,20-22H,6-10,15-16,19H2,1-5H3,(H,40,42). The number of aliphatic imine (C=N–C) groups is 1. The molecule has 1 N–H and O–H groups in total. The smallest absolute Gasteiger partial charge is 0.341 e. The number of aromatic nitrogens is 1. The van der Waals surface area contributed by atoms with Gasteiger partial charge in [-0.3, -0.25) is 9.79 Å². The Kier molecular flexibility index (Phi) is 7.94. The number of fused-ring (bicyclic) bond motifs is 6. The molecule has 0 spiro atoms. The third-order valence-corrected chi connectivity index (χ3v) is 9.96. The first-order chi connectivity index (χ1) is 22.7. The second-order valence-electron chi connectivity index (χ2n) is 13.2. The van der Waals surface area contributed by atoms with Crippen LogP contribution in [0, 0.1) is 0 Å². The number of esters is 1. The maximum absolute atomic E-state index is 13.9. The fourth-order valence-corrected chi connectivity index (χ4v) is 7.48. The number of hydrogen-bond acceptors (Lipinski definition) is 7. The summed E-state index contributed by atoms with van der Waals surface area (Å²) in [6, 6.07) is 15.7. The molecule has 47 heavy (non-hydrogen) atoms. The summed E-state index contributed by atoms with van der Waals surface area (Å²) in [5.74, 6) is 1.83. The highest BCUT2D eigenvalue weighted by Crippen LogP contribution is 2.48. The van der Waals surface area contributed by atoms with Crippen molar-refractivity contribution in [2.24, 2.45) is 4.99 Å². The van der Waals surface area contributed by atoms with E-state index in [-0.39, 0.29) is 5.91 Å². The molecule has 1 fully saturated rings. The zero-order chi connectivity index (χ0) is 32.9. The Labute approximate surface area is 274 Å². The van der Waals surface area contributed by atoms with E-state index in [0.29, 0.717) is 48.1 Å². The number of ether oxygens (including phenoxy) is 4. The van der Waals surface area contributed by atoms with Crippen molar-refractivity contribution < 1.29 is 28.5 Å². The van der Waals surface area contributed by atoms with Gasteiger partial charge < -0.3 is 28.8 Å². The largest absolute Gasteiger partial charge is 0.497 e.